The lowest BCUT2D eigenvalue weighted by atomic mass is 10.2. The van der Waals surface area contributed by atoms with Gasteiger partial charge < -0.3 is 4.74 Å². The van der Waals surface area contributed by atoms with Crippen LogP contribution in [-0.2, 0) is 0 Å². The molecule has 0 saturated carbocycles. The second-order valence-corrected chi connectivity index (χ2v) is 5.03. The van der Waals surface area contributed by atoms with E-state index in [1.165, 1.54) is 0 Å². The molecule has 14 heavy (non-hydrogen) atoms. The molecule has 4 heteroatoms. The highest BCUT2D eigenvalue weighted by molar-refractivity contribution is 9.09. The third kappa shape index (κ3) is 3.68. The predicted octanol–water partition coefficient (Wildman–Crippen LogP) is 4.55. The van der Waals surface area contributed by atoms with Gasteiger partial charge in [-0.05, 0) is 32.0 Å². The van der Waals surface area contributed by atoms with Crippen molar-refractivity contribution in [1.82, 2.24) is 0 Å². The topological polar surface area (TPSA) is 9.23 Å². The van der Waals surface area contributed by atoms with E-state index in [1.807, 2.05) is 13.8 Å². The van der Waals surface area contributed by atoms with Gasteiger partial charge in [0, 0.05) is 15.4 Å². The summed E-state index contributed by atoms with van der Waals surface area (Å²) >= 11 is 15.1. The number of benzene rings is 1. The summed E-state index contributed by atoms with van der Waals surface area (Å²) in [5, 5.41) is 1.90. The molecule has 1 rings (SSSR count). The first-order chi connectivity index (χ1) is 6.43. The molecule has 0 saturated heterocycles. The van der Waals surface area contributed by atoms with Crippen molar-refractivity contribution in [1.29, 1.82) is 0 Å². The maximum Gasteiger partial charge on any atom is 0.123 e. The summed E-state index contributed by atoms with van der Waals surface area (Å²) in [6, 6.07) is 5.17. The second kappa shape index (κ2) is 4.73. The van der Waals surface area contributed by atoms with Crippen LogP contribution in [0, 0.1) is 0 Å². The third-order valence-electron chi connectivity index (χ3n) is 1.55. The van der Waals surface area contributed by atoms with Crippen LogP contribution in [0.15, 0.2) is 18.2 Å². The van der Waals surface area contributed by atoms with E-state index in [-0.39, 0.29) is 5.60 Å². The molecule has 0 aliphatic heterocycles. The summed E-state index contributed by atoms with van der Waals surface area (Å²) in [4.78, 5) is 0. The summed E-state index contributed by atoms with van der Waals surface area (Å²) in [7, 11) is 0. The lowest BCUT2D eigenvalue weighted by Gasteiger charge is -2.24. The first-order valence-corrected chi connectivity index (χ1v) is 6.02. The normalized spacial score (nSPS) is 11.5. The first kappa shape index (κ1) is 12.2. The van der Waals surface area contributed by atoms with Gasteiger partial charge in [-0.25, -0.2) is 0 Å². The summed E-state index contributed by atoms with van der Waals surface area (Å²) < 4.78 is 5.70. The van der Waals surface area contributed by atoms with Crippen LogP contribution in [0.5, 0.6) is 5.75 Å². The van der Waals surface area contributed by atoms with E-state index in [1.54, 1.807) is 18.2 Å². The summed E-state index contributed by atoms with van der Waals surface area (Å²) in [6.07, 6.45) is 0. The van der Waals surface area contributed by atoms with Crippen molar-refractivity contribution in [3.05, 3.63) is 28.2 Å². The molecule has 0 heterocycles. The van der Waals surface area contributed by atoms with E-state index in [0.29, 0.717) is 15.8 Å². The van der Waals surface area contributed by atoms with Gasteiger partial charge in [0.2, 0.25) is 0 Å². The fraction of sp³-hybridized carbons (Fsp3) is 0.400. The summed E-state index contributed by atoms with van der Waals surface area (Å²) in [5.74, 6) is 0.687. The van der Waals surface area contributed by atoms with Gasteiger partial charge in [-0.15, -0.1) is 0 Å². The van der Waals surface area contributed by atoms with E-state index < -0.39 is 0 Å². The Morgan fingerprint density at radius 3 is 2.14 bits per heavy atom. The Balaban J connectivity index is 2.87. The van der Waals surface area contributed by atoms with Crippen LogP contribution in [0.3, 0.4) is 0 Å². The maximum atomic E-state index is 5.85. The Bertz CT molecular complexity index is 306. The largest absolute Gasteiger partial charge is 0.487 e. The van der Waals surface area contributed by atoms with Gasteiger partial charge in [0.15, 0.2) is 0 Å². The van der Waals surface area contributed by atoms with Crippen molar-refractivity contribution in [2.75, 3.05) is 5.33 Å². The molecule has 0 N–H and O–H groups in total. The Morgan fingerprint density at radius 1 is 1.21 bits per heavy atom. The zero-order chi connectivity index (χ0) is 10.8. The van der Waals surface area contributed by atoms with Crippen LogP contribution in [0.25, 0.3) is 0 Å². The average molecular weight is 298 g/mol. The van der Waals surface area contributed by atoms with Gasteiger partial charge in [-0.1, -0.05) is 39.1 Å². The molecule has 0 spiro atoms. The SMILES string of the molecule is CC(C)(CBr)Oc1cc(Cl)cc(Cl)c1. The molecule has 1 nitrogen and oxygen atoms in total. The summed E-state index contributed by atoms with van der Waals surface area (Å²) in [5.41, 5.74) is -0.270. The molecule has 0 fully saturated rings. The van der Waals surface area contributed by atoms with Gasteiger partial charge in [0.25, 0.3) is 0 Å². The minimum atomic E-state index is -0.270. The van der Waals surface area contributed by atoms with Gasteiger partial charge in [-0.3, -0.25) is 0 Å². The van der Waals surface area contributed by atoms with Crippen molar-refractivity contribution in [3.63, 3.8) is 0 Å². The molecule has 1 aromatic rings. The lowest BCUT2D eigenvalue weighted by Crippen LogP contribution is -2.29. The Kier molecular flexibility index (Phi) is 4.11. The lowest BCUT2D eigenvalue weighted by molar-refractivity contribution is 0.137. The molecule has 0 radical (unpaired) electrons. The van der Waals surface area contributed by atoms with Crippen LogP contribution in [0.1, 0.15) is 13.8 Å². The second-order valence-electron chi connectivity index (χ2n) is 3.60. The van der Waals surface area contributed by atoms with Crippen LogP contribution in [0.2, 0.25) is 10.0 Å². The molecule has 0 bridgehead atoms. The molecular weight excluding hydrogens is 287 g/mol. The number of alkyl halides is 1. The van der Waals surface area contributed by atoms with Crippen molar-refractivity contribution in [3.8, 4) is 5.75 Å². The third-order valence-corrected chi connectivity index (χ3v) is 3.34. The fourth-order valence-corrected chi connectivity index (χ4v) is 1.55. The molecule has 0 aliphatic rings. The number of ether oxygens (including phenoxy) is 1. The van der Waals surface area contributed by atoms with Gasteiger partial charge in [0.1, 0.15) is 11.4 Å². The van der Waals surface area contributed by atoms with E-state index in [4.69, 9.17) is 27.9 Å². The predicted molar refractivity (Wildman–Crippen MR) is 65.0 cm³/mol. The fourth-order valence-electron chi connectivity index (χ4n) is 0.934. The zero-order valence-electron chi connectivity index (χ0n) is 7.98. The number of rotatable bonds is 3. The standard InChI is InChI=1S/C10H11BrCl2O/c1-10(2,6-11)14-9-4-7(12)3-8(13)5-9/h3-5H,6H2,1-2H3. The highest BCUT2D eigenvalue weighted by Crippen LogP contribution is 2.27. The van der Waals surface area contributed by atoms with Crippen LogP contribution >= 0.6 is 39.1 Å². The molecule has 0 aromatic heterocycles. The summed E-state index contributed by atoms with van der Waals surface area (Å²) in [6.45, 7) is 3.97. The Labute approximate surface area is 102 Å². The van der Waals surface area contributed by atoms with Crippen LogP contribution in [0.4, 0.5) is 0 Å². The molecule has 0 amide bonds. The molecule has 78 valence electrons. The van der Waals surface area contributed by atoms with Crippen LogP contribution in [-0.4, -0.2) is 10.9 Å². The van der Waals surface area contributed by atoms with E-state index in [0.717, 1.165) is 5.33 Å². The van der Waals surface area contributed by atoms with Crippen molar-refractivity contribution >= 4 is 39.1 Å². The monoisotopic (exact) mass is 296 g/mol. The molecule has 0 unspecified atom stereocenters. The quantitative estimate of drug-likeness (QED) is 0.744. The van der Waals surface area contributed by atoms with Crippen molar-refractivity contribution < 1.29 is 4.74 Å². The average Bonchev–Trinajstić information content (AvgIpc) is 2.01. The van der Waals surface area contributed by atoms with E-state index in [9.17, 15) is 0 Å². The highest BCUT2D eigenvalue weighted by atomic mass is 79.9. The molecule has 0 atom stereocenters. The minimum Gasteiger partial charge on any atom is -0.487 e. The maximum absolute atomic E-state index is 5.85. The molecule has 0 aliphatic carbocycles. The first-order valence-electron chi connectivity index (χ1n) is 4.14. The Hall–Kier alpha value is 0.0800. The number of hydrogen-bond acceptors (Lipinski definition) is 1. The highest BCUT2D eigenvalue weighted by Gasteiger charge is 2.18. The minimum absolute atomic E-state index is 0.270. The zero-order valence-corrected chi connectivity index (χ0v) is 11.1. The van der Waals surface area contributed by atoms with Crippen LogP contribution < -0.4 is 4.74 Å². The van der Waals surface area contributed by atoms with Gasteiger partial charge >= 0.3 is 0 Å². The van der Waals surface area contributed by atoms with Crippen molar-refractivity contribution in [2.24, 2.45) is 0 Å². The number of hydrogen-bond donors (Lipinski definition) is 0. The van der Waals surface area contributed by atoms with Crippen molar-refractivity contribution in [2.45, 2.75) is 19.4 Å². The smallest absolute Gasteiger partial charge is 0.123 e. The van der Waals surface area contributed by atoms with Gasteiger partial charge in [-0.2, -0.15) is 0 Å². The van der Waals surface area contributed by atoms with E-state index in [2.05, 4.69) is 15.9 Å². The van der Waals surface area contributed by atoms with Gasteiger partial charge in [0.05, 0.1) is 0 Å². The number of halogens is 3. The molecule has 1 aromatic carbocycles. The Morgan fingerprint density at radius 2 is 1.71 bits per heavy atom. The van der Waals surface area contributed by atoms with E-state index >= 15 is 0 Å². The molecular formula is C10H11BrCl2O.